The predicted molar refractivity (Wildman–Crippen MR) is 74.0 cm³/mol. The normalized spacial score (nSPS) is 20.3. The van der Waals surface area contributed by atoms with Crippen LogP contribution in [0, 0.1) is 0 Å². The Balaban J connectivity index is 2.13. The molecule has 0 aliphatic carbocycles. The highest BCUT2D eigenvalue weighted by atomic mass is 35.5. The first-order valence-electron chi connectivity index (χ1n) is 6.08. The number of hydrogen-bond acceptors (Lipinski definition) is 2. The van der Waals surface area contributed by atoms with Crippen LogP contribution in [0.15, 0.2) is 18.2 Å². The maximum atomic E-state index is 12.1. The van der Waals surface area contributed by atoms with Gasteiger partial charge in [-0.3, -0.25) is 4.79 Å². The summed E-state index contributed by atoms with van der Waals surface area (Å²) in [6.07, 6.45) is 0.804. The van der Waals surface area contributed by atoms with Crippen molar-refractivity contribution in [2.75, 3.05) is 13.1 Å². The molecule has 18 heavy (non-hydrogen) atoms. The summed E-state index contributed by atoms with van der Waals surface area (Å²) in [5.74, 6) is 0.139. The Morgan fingerprint density at radius 3 is 2.94 bits per heavy atom. The Kier molecular flexibility index (Phi) is 4.49. The highest BCUT2D eigenvalue weighted by Gasteiger charge is 2.27. The molecule has 1 aliphatic rings. The Labute approximate surface area is 117 Å². The summed E-state index contributed by atoms with van der Waals surface area (Å²) in [5, 5.41) is 4.28. The van der Waals surface area contributed by atoms with Gasteiger partial charge in [0.1, 0.15) is 0 Å². The zero-order valence-electron chi connectivity index (χ0n) is 10.2. The molecule has 1 amide bonds. The van der Waals surface area contributed by atoms with Gasteiger partial charge in [0.15, 0.2) is 0 Å². The molecule has 1 aromatic rings. The lowest BCUT2D eigenvalue weighted by Gasteiger charge is -2.33. The lowest BCUT2D eigenvalue weighted by atomic mass is 10.1. The van der Waals surface area contributed by atoms with Crippen LogP contribution in [0.1, 0.15) is 18.9 Å². The van der Waals surface area contributed by atoms with E-state index in [0.717, 1.165) is 18.5 Å². The highest BCUT2D eigenvalue weighted by molar-refractivity contribution is 6.42. The second-order valence-corrected chi connectivity index (χ2v) is 5.17. The van der Waals surface area contributed by atoms with Gasteiger partial charge in [0.25, 0.3) is 0 Å². The summed E-state index contributed by atoms with van der Waals surface area (Å²) in [7, 11) is 0. The second-order valence-electron chi connectivity index (χ2n) is 4.39. The van der Waals surface area contributed by atoms with Crippen LogP contribution in [-0.2, 0) is 11.3 Å². The molecule has 1 fully saturated rings. The Hall–Kier alpha value is -0.770. The molecule has 98 valence electrons. The molecule has 5 heteroatoms. The number of nitrogens with one attached hydrogen (secondary N) is 1. The summed E-state index contributed by atoms with van der Waals surface area (Å²) < 4.78 is 0. The van der Waals surface area contributed by atoms with Crippen molar-refractivity contribution in [2.24, 2.45) is 0 Å². The van der Waals surface area contributed by atoms with Crippen molar-refractivity contribution in [3.05, 3.63) is 33.8 Å². The summed E-state index contributed by atoms with van der Waals surface area (Å²) in [5.41, 5.74) is 0.897. The van der Waals surface area contributed by atoms with Crippen molar-refractivity contribution in [1.82, 2.24) is 10.2 Å². The number of carbonyl (C=O) groups is 1. The van der Waals surface area contributed by atoms with E-state index in [1.54, 1.807) is 6.07 Å². The fraction of sp³-hybridized carbons (Fsp3) is 0.462. The van der Waals surface area contributed by atoms with Crippen LogP contribution in [0.2, 0.25) is 10.0 Å². The molecule has 1 atom stereocenters. The third-order valence-corrected chi connectivity index (χ3v) is 4.04. The van der Waals surface area contributed by atoms with Crippen molar-refractivity contribution in [3.8, 4) is 0 Å². The molecule has 1 saturated heterocycles. The van der Waals surface area contributed by atoms with E-state index in [1.165, 1.54) is 0 Å². The largest absolute Gasteiger partial charge is 0.336 e. The average molecular weight is 287 g/mol. The van der Waals surface area contributed by atoms with Gasteiger partial charge < -0.3 is 10.2 Å². The lowest BCUT2D eigenvalue weighted by molar-refractivity contribution is -0.136. The Morgan fingerprint density at radius 2 is 2.22 bits per heavy atom. The molecule has 0 spiro atoms. The number of rotatable bonds is 3. The molecule has 0 aromatic heterocycles. The second kappa shape index (κ2) is 5.91. The van der Waals surface area contributed by atoms with Crippen LogP contribution in [0.3, 0.4) is 0 Å². The molecule has 0 radical (unpaired) electrons. The number of carbonyl (C=O) groups excluding carboxylic acids is 1. The van der Waals surface area contributed by atoms with Gasteiger partial charge in [-0.25, -0.2) is 0 Å². The number of piperazine rings is 1. The smallest absolute Gasteiger partial charge is 0.240 e. The molecule has 1 unspecified atom stereocenters. The molecule has 2 rings (SSSR count). The van der Waals surface area contributed by atoms with Gasteiger partial charge in [0.2, 0.25) is 5.91 Å². The molecule has 1 N–H and O–H groups in total. The van der Waals surface area contributed by atoms with Gasteiger partial charge in [-0.05, 0) is 18.1 Å². The van der Waals surface area contributed by atoms with Gasteiger partial charge >= 0.3 is 0 Å². The van der Waals surface area contributed by atoms with Crippen LogP contribution in [0.5, 0.6) is 0 Å². The Morgan fingerprint density at radius 1 is 1.44 bits per heavy atom. The van der Waals surface area contributed by atoms with Crippen molar-refractivity contribution >= 4 is 29.1 Å². The van der Waals surface area contributed by atoms with E-state index in [1.807, 2.05) is 24.0 Å². The summed E-state index contributed by atoms with van der Waals surface area (Å²) in [4.78, 5) is 14.0. The fourth-order valence-electron chi connectivity index (χ4n) is 2.14. The number of benzene rings is 1. The molecule has 0 bridgehead atoms. The molecule has 1 heterocycles. The van der Waals surface area contributed by atoms with Crippen LogP contribution in [0.25, 0.3) is 0 Å². The third kappa shape index (κ3) is 2.79. The Bertz CT molecular complexity index is 451. The molecule has 3 nitrogen and oxygen atoms in total. The number of nitrogens with zero attached hydrogens (tertiary/aromatic N) is 1. The highest BCUT2D eigenvalue weighted by Crippen LogP contribution is 2.26. The molecule has 0 saturated carbocycles. The van der Waals surface area contributed by atoms with Gasteiger partial charge in [-0.1, -0.05) is 42.3 Å². The van der Waals surface area contributed by atoms with Crippen LogP contribution >= 0.6 is 23.2 Å². The van der Waals surface area contributed by atoms with Crippen LogP contribution in [-0.4, -0.2) is 29.9 Å². The van der Waals surface area contributed by atoms with E-state index in [9.17, 15) is 4.79 Å². The van der Waals surface area contributed by atoms with Crippen molar-refractivity contribution < 1.29 is 4.79 Å². The minimum atomic E-state index is -0.0725. The van der Waals surface area contributed by atoms with Gasteiger partial charge in [-0.15, -0.1) is 0 Å². The third-order valence-electron chi connectivity index (χ3n) is 3.18. The monoisotopic (exact) mass is 286 g/mol. The predicted octanol–water partition coefficient (Wildman–Crippen LogP) is 2.70. The first-order valence-corrected chi connectivity index (χ1v) is 6.84. The first kappa shape index (κ1) is 13.7. The van der Waals surface area contributed by atoms with E-state index >= 15 is 0 Å². The van der Waals surface area contributed by atoms with Crippen molar-refractivity contribution in [1.29, 1.82) is 0 Å². The molecular weight excluding hydrogens is 271 g/mol. The topological polar surface area (TPSA) is 32.3 Å². The minimum absolute atomic E-state index is 0.0725. The number of hydrogen-bond donors (Lipinski definition) is 1. The van der Waals surface area contributed by atoms with Crippen molar-refractivity contribution in [3.63, 3.8) is 0 Å². The first-order chi connectivity index (χ1) is 8.63. The van der Waals surface area contributed by atoms with E-state index < -0.39 is 0 Å². The van der Waals surface area contributed by atoms with Gasteiger partial charge in [-0.2, -0.15) is 0 Å². The maximum absolute atomic E-state index is 12.1. The van der Waals surface area contributed by atoms with Crippen molar-refractivity contribution in [2.45, 2.75) is 25.9 Å². The standard InChI is InChI=1S/C13H16Cl2N2O/c1-2-11-13(18)17(7-6-16-11)8-9-4-3-5-10(14)12(9)15/h3-5,11,16H,2,6-8H2,1H3. The summed E-state index contributed by atoms with van der Waals surface area (Å²) in [6, 6.07) is 5.44. The zero-order valence-corrected chi connectivity index (χ0v) is 11.8. The molecule has 1 aromatic carbocycles. The van der Waals surface area contributed by atoms with E-state index in [2.05, 4.69) is 5.32 Å². The van der Waals surface area contributed by atoms with E-state index in [-0.39, 0.29) is 11.9 Å². The van der Waals surface area contributed by atoms with E-state index in [4.69, 9.17) is 23.2 Å². The van der Waals surface area contributed by atoms with E-state index in [0.29, 0.717) is 23.1 Å². The lowest BCUT2D eigenvalue weighted by Crippen LogP contribution is -2.54. The SMILES string of the molecule is CCC1NCCN(Cc2cccc(Cl)c2Cl)C1=O. The molecule has 1 aliphatic heterocycles. The minimum Gasteiger partial charge on any atom is -0.336 e. The zero-order chi connectivity index (χ0) is 13.1. The fourth-order valence-corrected chi connectivity index (χ4v) is 2.52. The summed E-state index contributed by atoms with van der Waals surface area (Å²) >= 11 is 12.1. The number of amides is 1. The number of halogens is 2. The van der Waals surface area contributed by atoms with Gasteiger partial charge in [0, 0.05) is 19.6 Å². The maximum Gasteiger partial charge on any atom is 0.240 e. The summed E-state index contributed by atoms with van der Waals surface area (Å²) in [6.45, 7) is 4.06. The van der Waals surface area contributed by atoms with Crippen LogP contribution < -0.4 is 5.32 Å². The van der Waals surface area contributed by atoms with Gasteiger partial charge in [0.05, 0.1) is 16.1 Å². The average Bonchev–Trinajstić information content (AvgIpc) is 2.37. The molecular formula is C13H16Cl2N2O. The van der Waals surface area contributed by atoms with Crippen LogP contribution in [0.4, 0.5) is 0 Å². The quantitative estimate of drug-likeness (QED) is 0.927.